The minimum absolute atomic E-state index is 0.486. The van der Waals surface area contributed by atoms with Gasteiger partial charge in [0.05, 0.1) is 0 Å². The molecule has 1 saturated heterocycles. The molecule has 5 heteroatoms. The van der Waals surface area contributed by atoms with Gasteiger partial charge < -0.3 is 20.0 Å². The molecule has 0 bridgehead atoms. The molecular weight excluding hydrogens is 240 g/mol. The Morgan fingerprint density at radius 1 is 1.47 bits per heavy atom. The lowest BCUT2D eigenvalue weighted by Crippen LogP contribution is -2.37. The molecule has 0 saturated carbocycles. The maximum absolute atomic E-state index is 5.86. The molecule has 1 fully saturated rings. The van der Waals surface area contributed by atoms with Crippen molar-refractivity contribution in [3.63, 3.8) is 0 Å². The van der Waals surface area contributed by atoms with Crippen LogP contribution in [-0.4, -0.2) is 43.1 Å². The summed E-state index contributed by atoms with van der Waals surface area (Å²) in [6, 6.07) is 6.82. The molecule has 0 spiro atoms. The third-order valence-corrected chi connectivity index (χ3v) is 3.60. The van der Waals surface area contributed by atoms with Gasteiger partial charge in [0, 0.05) is 30.9 Å². The highest BCUT2D eigenvalue weighted by Gasteiger charge is 2.28. The van der Waals surface area contributed by atoms with Crippen LogP contribution in [0.25, 0.3) is 11.1 Å². The molecule has 1 aliphatic rings. The van der Waals surface area contributed by atoms with E-state index in [2.05, 4.69) is 28.9 Å². The Kier molecular flexibility index (Phi) is 3.06. The molecule has 2 N–H and O–H groups in total. The summed E-state index contributed by atoms with van der Waals surface area (Å²) in [7, 11) is 4.20. The van der Waals surface area contributed by atoms with Crippen molar-refractivity contribution in [3.8, 4) is 0 Å². The van der Waals surface area contributed by atoms with Crippen molar-refractivity contribution >= 4 is 22.8 Å². The smallest absolute Gasteiger partial charge is 0.298 e. The van der Waals surface area contributed by atoms with Crippen LogP contribution in [0.2, 0.25) is 0 Å². The van der Waals surface area contributed by atoms with Crippen LogP contribution in [-0.2, 0) is 0 Å². The Labute approximate surface area is 113 Å². The predicted octanol–water partition coefficient (Wildman–Crippen LogP) is 1.94. The fourth-order valence-electron chi connectivity index (χ4n) is 2.75. The molecule has 1 aromatic carbocycles. The third kappa shape index (κ3) is 2.38. The average molecular weight is 260 g/mol. The van der Waals surface area contributed by atoms with Gasteiger partial charge in [-0.15, -0.1) is 0 Å². The van der Waals surface area contributed by atoms with Crippen LogP contribution in [0, 0.1) is 0 Å². The lowest BCUT2D eigenvalue weighted by molar-refractivity contribution is 0.366. The highest BCUT2D eigenvalue weighted by atomic mass is 16.4. The van der Waals surface area contributed by atoms with Gasteiger partial charge in [0.1, 0.15) is 5.52 Å². The lowest BCUT2D eigenvalue weighted by Gasteiger charge is -2.25. The number of rotatable bonds is 3. The summed E-state index contributed by atoms with van der Waals surface area (Å²) < 4.78 is 5.86. The molecule has 19 heavy (non-hydrogen) atoms. The molecular formula is C14H20N4O. The first kappa shape index (κ1) is 12.3. The largest absolute Gasteiger partial charge is 0.423 e. The maximum atomic E-state index is 5.86. The van der Waals surface area contributed by atoms with E-state index in [0.717, 1.165) is 30.2 Å². The summed E-state index contributed by atoms with van der Waals surface area (Å²) in [4.78, 5) is 9.06. The number of anilines is 2. The SMILES string of the molecule is CN(C)CC1CCCN1c1nc2ccc(N)cc2o1. The minimum atomic E-state index is 0.486. The zero-order chi connectivity index (χ0) is 13.4. The van der Waals surface area contributed by atoms with E-state index in [1.165, 1.54) is 12.8 Å². The first-order chi connectivity index (χ1) is 9.13. The standard InChI is InChI=1S/C14H20N4O/c1-17(2)9-11-4-3-7-18(11)14-16-12-6-5-10(15)8-13(12)19-14/h5-6,8,11H,3-4,7,9,15H2,1-2H3. The summed E-state index contributed by atoms with van der Waals surface area (Å²) in [5, 5.41) is 0. The quantitative estimate of drug-likeness (QED) is 0.855. The first-order valence-electron chi connectivity index (χ1n) is 6.71. The van der Waals surface area contributed by atoms with Crippen LogP contribution in [0.4, 0.5) is 11.7 Å². The van der Waals surface area contributed by atoms with Gasteiger partial charge in [-0.3, -0.25) is 0 Å². The fraction of sp³-hybridized carbons (Fsp3) is 0.500. The number of aromatic nitrogens is 1. The van der Waals surface area contributed by atoms with Gasteiger partial charge >= 0.3 is 0 Å². The topological polar surface area (TPSA) is 58.5 Å². The van der Waals surface area contributed by atoms with Gasteiger partial charge in [-0.05, 0) is 39.1 Å². The van der Waals surface area contributed by atoms with Crippen LogP contribution in [0.5, 0.6) is 0 Å². The normalized spacial score (nSPS) is 19.7. The number of likely N-dealkylation sites (N-methyl/N-ethyl adjacent to an activating group) is 1. The first-order valence-corrected chi connectivity index (χ1v) is 6.71. The lowest BCUT2D eigenvalue weighted by atomic mass is 10.2. The summed E-state index contributed by atoms with van der Waals surface area (Å²) in [5.74, 6) is 0. The number of nitrogen functional groups attached to an aromatic ring is 1. The zero-order valence-corrected chi connectivity index (χ0v) is 11.5. The second-order valence-corrected chi connectivity index (χ2v) is 5.48. The molecule has 0 amide bonds. The van der Waals surface area contributed by atoms with Crippen molar-refractivity contribution in [2.24, 2.45) is 0 Å². The summed E-state index contributed by atoms with van der Waals surface area (Å²) in [6.07, 6.45) is 2.39. The average Bonchev–Trinajstić information content (AvgIpc) is 2.93. The monoisotopic (exact) mass is 260 g/mol. The number of nitrogens with zero attached hydrogens (tertiary/aromatic N) is 3. The van der Waals surface area contributed by atoms with E-state index in [9.17, 15) is 0 Å². The number of oxazole rings is 1. The number of hydrogen-bond acceptors (Lipinski definition) is 5. The minimum Gasteiger partial charge on any atom is -0.423 e. The summed E-state index contributed by atoms with van der Waals surface area (Å²) >= 11 is 0. The highest BCUT2D eigenvalue weighted by molar-refractivity contribution is 5.78. The molecule has 1 aliphatic heterocycles. The van der Waals surface area contributed by atoms with E-state index in [1.807, 2.05) is 18.2 Å². The van der Waals surface area contributed by atoms with Gasteiger partial charge in [0.25, 0.3) is 6.01 Å². The molecule has 3 rings (SSSR count). The number of fused-ring (bicyclic) bond motifs is 1. The molecule has 0 radical (unpaired) electrons. The van der Waals surface area contributed by atoms with Crippen LogP contribution >= 0.6 is 0 Å². The summed E-state index contributed by atoms with van der Waals surface area (Å²) in [6.45, 7) is 2.04. The zero-order valence-electron chi connectivity index (χ0n) is 11.5. The second-order valence-electron chi connectivity index (χ2n) is 5.48. The molecule has 5 nitrogen and oxygen atoms in total. The maximum Gasteiger partial charge on any atom is 0.298 e. The van der Waals surface area contributed by atoms with Crippen molar-refractivity contribution < 1.29 is 4.42 Å². The van der Waals surface area contributed by atoms with E-state index in [1.54, 1.807) is 0 Å². The van der Waals surface area contributed by atoms with Gasteiger partial charge in [0.15, 0.2) is 5.58 Å². The molecule has 1 unspecified atom stereocenters. The van der Waals surface area contributed by atoms with Gasteiger partial charge in [-0.25, -0.2) is 0 Å². The van der Waals surface area contributed by atoms with Crippen LogP contribution < -0.4 is 10.6 Å². The van der Waals surface area contributed by atoms with E-state index >= 15 is 0 Å². The third-order valence-electron chi connectivity index (χ3n) is 3.60. The van der Waals surface area contributed by atoms with Crippen molar-refractivity contribution in [3.05, 3.63) is 18.2 Å². The van der Waals surface area contributed by atoms with Crippen LogP contribution in [0.15, 0.2) is 22.6 Å². The Bertz CT molecular complexity index is 578. The number of hydrogen-bond donors (Lipinski definition) is 1. The second kappa shape index (κ2) is 4.74. The van der Waals surface area contributed by atoms with Crippen molar-refractivity contribution in [2.45, 2.75) is 18.9 Å². The highest BCUT2D eigenvalue weighted by Crippen LogP contribution is 2.29. The Morgan fingerprint density at radius 3 is 3.11 bits per heavy atom. The van der Waals surface area contributed by atoms with Gasteiger partial charge in [-0.2, -0.15) is 4.98 Å². The van der Waals surface area contributed by atoms with Crippen molar-refractivity contribution in [2.75, 3.05) is 37.8 Å². The van der Waals surface area contributed by atoms with Crippen molar-refractivity contribution in [1.82, 2.24) is 9.88 Å². The number of benzene rings is 1. The molecule has 102 valence electrons. The van der Waals surface area contributed by atoms with E-state index < -0.39 is 0 Å². The molecule has 2 heterocycles. The Hall–Kier alpha value is -1.75. The molecule has 1 aromatic heterocycles. The van der Waals surface area contributed by atoms with E-state index in [-0.39, 0.29) is 0 Å². The fourth-order valence-corrected chi connectivity index (χ4v) is 2.75. The Balaban J connectivity index is 1.90. The number of nitrogens with two attached hydrogens (primary N) is 1. The van der Waals surface area contributed by atoms with Gasteiger partial charge in [-0.1, -0.05) is 0 Å². The summed E-state index contributed by atoms with van der Waals surface area (Å²) in [5.41, 5.74) is 8.13. The van der Waals surface area contributed by atoms with E-state index in [4.69, 9.17) is 10.2 Å². The predicted molar refractivity (Wildman–Crippen MR) is 77.3 cm³/mol. The van der Waals surface area contributed by atoms with E-state index in [0.29, 0.717) is 11.7 Å². The van der Waals surface area contributed by atoms with Gasteiger partial charge in [0.2, 0.25) is 0 Å². The Morgan fingerprint density at radius 2 is 2.32 bits per heavy atom. The molecule has 1 atom stereocenters. The van der Waals surface area contributed by atoms with Crippen LogP contribution in [0.3, 0.4) is 0 Å². The molecule has 0 aliphatic carbocycles. The molecule has 2 aromatic rings. The van der Waals surface area contributed by atoms with Crippen LogP contribution in [0.1, 0.15) is 12.8 Å². The van der Waals surface area contributed by atoms with Crippen molar-refractivity contribution in [1.29, 1.82) is 0 Å².